The van der Waals surface area contributed by atoms with Crippen molar-refractivity contribution in [1.29, 1.82) is 0 Å². The van der Waals surface area contributed by atoms with Crippen LogP contribution in [0, 0.1) is 13.8 Å². The highest BCUT2D eigenvalue weighted by molar-refractivity contribution is 7.19. The van der Waals surface area contributed by atoms with Gasteiger partial charge in [0.05, 0.1) is 5.39 Å². The van der Waals surface area contributed by atoms with Crippen molar-refractivity contribution in [2.75, 3.05) is 0 Å². The predicted molar refractivity (Wildman–Crippen MR) is 111 cm³/mol. The molecule has 2 heterocycles. The molecule has 0 saturated heterocycles. The maximum absolute atomic E-state index is 13.5. The lowest BCUT2D eigenvalue weighted by molar-refractivity contribution is -0.121. The number of carbonyl (C=O) groups is 1. The third-order valence-electron chi connectivity index (χ3n) is 4.85. The summed E-state index contributed by atoms with van der Waals surface area (Å²) in [6, 6.07) is 7.45. The molecule has 6 heteroatoms. The van der Waals surface area contributed by atoms with Crippen LogP contribution < -0.4 is 11.3 Å². The molecule has 0 radical (unpaired) electrons. The fraction of sp³-hybridized carbons (Fsp3) is 0.381. The van der Waals surface area contributed by atoms with Gasteiger partial charge in [0, 0.05) is 16.9 Å². The number of aromatic nitrogens is 2. The molecule has 1 unspecified atom stereocenters. The fourth-order valence-corrected chi connectivity index (χ4v) is 4.57. The minimum atomic E-state index is -0.679. The maximum Gasteiger partial charge on any atom is 0.263 e. The largest absolute Gasteiger partial charge is 0.368 e. The van der Waals surface area contributed by atoms with Gasteiger partial charge in [-0.1, -0.05) is 43.7 Å². The Morgan fingerprint density at radius 2 is 1.89 bits per heavy atom. The highest BCUT2D eigenvalue weighted by Crippen LogP contribution is 2.36. The summed E-state index contributed by atoms with van der Waals surface area (Å²) in [5.41, 5.74) is 8.49. The van der Waals surface area contributed by atoms with Gasteiger partial charge in [-0.3, -0.25) is 14.2 Å². The number of hydrogen-bond donors (Lipinski definition) is 1. The molecule has 0 spiro atoms. The Bertz CT molecular complexity index is 1050. The topological polar surface area (TPSA) is 78.0 Å². The van der Waals surface area contributed by atoms with Crippen LogP contribution in [0.25, 0.3) is 21.3 Å². The first-order valence-electron chi connectivity index (χ1n) is 9.29. The van der Waals surface area contributed by atoms with Crippen LogP contribution in [-0.2, 0) is 11.2 Å². The summed E-state index contributed by atoms with van der Waals surface area (Å²) < 4.78 is 1.53. The Balaban J connectivity index is 2.38. The van der Waals surface area contributed by atoms with E-state index in [1.165, 1.54) is 15.9 Å². The maximum atomic E-state index is 13.5. The predicted octanol–water partition coefficient (Wildman–Crippen LogP) is 4.13. The van der Waals surface area contributed by atoms with Gasteiger partial charge in [-0.05, 0) is 32.3 Å². The number of nitrogens with two attached hydrogens (primary N) is 1. The van der Waals surface area contributed by atoms with Crippen LogP contribution in [0.15, 0.2) is 29.1 Å². The molecule has 1 atom stereocenters. The quantitative estimate of drug-likeness (QED) is 0.695. The summed E-state index contributed by atoms with van der Waals surface area (Å²) in [5, 5.41) is 0.584. The van der Waals surface area contributed by atoms with Gasteiger partial charge in [0.25, 0.3) is 5.56 Å². The Hall–Kier alpha value is -2.47. The lowest BCUT2D eigenvalue weighted by Gasteiger charge is -2.19. The number of fused-ring (bicyclic) bond motifs is 1. The van der Waals surface area contributed by atoms with Crippen molar-refractivity contribution >= 4 is 27.5 Å². The van der Waals surface area contributed by atoms with Crippen molar-refractivity contribution in [3.63, 3.8) is 0 Å². The van der Waals surface area contributed by atoms with Crippen molar-refractivity contribution in [2.45, 2.75) is 53.0 Å². The minimum Gasteiger partial charge on any atom is -0.368 e. The number of amides is 1. The van der Waals surface area contributed by atoms with Crippen LogP contribution in [0.3, 0.4) is 0 Å². The molecule has 1 amide bonds. The highest BCUT2D eigenvalue weighted by atomic mass is 32.1. The lowest BCUT2D eigenvalue weighted by Crippen LogP contribution is -2.36. The van der Waals surface area contributed by atoms with Crippen LogP contribution in [-0.4, -0.2) is 15.5 Å². The molecule has 2 aromatic heterocycles. The van der Waals surface area contributed by atoms with Gasteiger partial charge in [-0.15, -0.1) is 11.3 Å². The van der Waals surface area contributed by atoms with Gasteiger partial charge in [0.15, 0.2) is 0 Å². The average Bonchev–Trinajstić information content (AvgIpc) is 2.95. The molecule has 0 aliphatic heterocycles. The van der Waals surface area contributed by atoms with Crippen molar-refractivity contribution < 1.29 is 4.79 Å². The minimum absolute atomic E-state index is 0.172. The molecule has 5 nitrogen and oxygen atoms in total. The molecule has 1 aromatic carbocycles. The van der Waals surface area contributed by atoms with E-state index in [1.54, 1.807) is 0 Å². The van der Waals surface area contributed by atoms with Gasteiger partial charge in [-0.2, -0.15) is 0 Å². The van der Waals surface area contributed by atoms with Crippen LogP contribution in [0.5, 0.6) is 0 Å². The van der Waals surface area contributed by atoms with E-state index >= 15 is 0 Å². The second-order valence-corrected chi connectivity index (χ2v) is 8.06. The summed E-state index contributed by atoms with van der Waals surface area (Å²) in [6.45, 7) is 7.94. The van der Waals surface area contributed by atoms with Gasteiger partial charge >= 0.3 is 0 Å². The van der Waals surface area contributed by atoms with Crippen molar-refractivity contribution in [2.24, 2.45) is 5.73 Å². The zero-order valence-corrected chi connectivity index (χ0v) is 17.0. The number of hydrogen-bond acceptors (Lipinski definition) is 4. The van der Waals surface area contributed by atoms with E-state index in [0.29, 0.717) is 24.1 Å². The van der Waals surface area contributed by atoms with Gasteiger partial charge in [-0.25, -0.2) is 4.98 Å². The van der Waals surface area contributed by atoms with E-state index in [9.17, 15) is 9.59 Å². The SMILES string of the molecule is CCCc1nc2sc(C)c(-c3ccc(C)cc3)c2c(=O)n1C(CC)C(N)=O. The number of carbonyl (C=O) groups excluding carboxylic acids is 1. The third-order valence-corrected chi connectivity index (χ3v) is 5.85. The number of primary amides is 1. The molecule has 0 fully saturated rings. The molecule has 2 N–H and O–H groups in total. The highest BCUT2D eigenvalue weighted by Gasteiger charge is 2.25. The zero-order chi connectivity index (χ0) is 19.7. The number of aryl methyl sites for hydroxylation is 3. The summed E-state index contributed by atoms with van der Waals surface area (Å²) in [7, 11) is 0. The molecule has 142 valence electrons. The molecule has 3 aromatic rings. The van der Waals surface area contributed by atoms with Gasteiger partial charge in [0.2, 0.25) is 5.91 Å². The number of rotatable bonds is 6. The first-order valence-corrected chi connectivity index (χ1v) is 10.1. The zero-order valence-electron chi connectivity index (χ0n) is 16.2. The number of nitrogens with zero attached hydrogens (tertiary/aromatic N) is 2. The Labute approximate surface area is 162 Å². The van der Waals surface area contributed by atoms with Gasteiger partial charge < -0.3 is 5.73 Å². The molecular weight excluding hydrogens is 358 g/mol. The first-order chi connectivity index (χ1) is 12.9. The van der Waals surface area contributed by atoms with Crippen molar-refractivity contribution in [1.82, 2.24) is 9.55 Å². The van der Waals surface area contributed by atoms with Crippen LogP contribution in [0.4, 0.5) is 0 Å². The fourth-order valence-electron chi connectivity index (χ4n) is 3.52. The summed E-state index contributed by atoms with van der Waals surface area (Å²) in [6.07, 6.45) is 1.93. The third kappa shape index (κ3) is 3.41. The van der Waals surface area contributed by atoms with E-state index in [2.05, 4.69) is 0 Å². The molecule has 0 saturated carbocycles. The summed E-state index contributed by atoms with van der Waals surface area (Å²) in [5.74, 6) is 0.138. The number of thiophene rings is 1. The lowest BCUT2D eigenvalue weighted by atomic mass is 10.0. The molecule has 0 aliphatic carbocycles. The van der Waals surface area contributed by atoms with E-state index in [-0.39, 0.29) is 5.56 Å². The average molecular weight is 384 g/mol. The Morgan fingerprint density at radius 3 is 2.44 bits per heavy atom. The van der Waals surface area contributed by atoms with E-state index in [0.717, 1.165) is 32.8 Å². The van der Waals surface area contributed by atoms with Crippen molar-refractivity contribution in [3.05, 3.63) is 50.9 Å². The number of benzene rings is 1. The Morgan fingerprint density at radius 1 is 1.22 bits per heavy atom. The van der Waals surface area contributed by atoms with Gasteiger partial charge in [0.1, 0.15) is 16.7 Å². The molecule has 3 rings (SSSR count). The normalized spacial score (nSPS) is 12.4. The van der Waals surface area contributed by atoms with Crippen molar-refractivity contribution in [3.8, 4) is 11.1 Å². The second-order valence-electron chi connectivity index (χ2n) is 6.86. The van der Waals surface area contributed by atoms with E-state index in [1.807, 2.05) is 52.0 Å². The molecular formula is C21H25N3O2S. The van der Waals surface area contributed by atoms with E-state index < -0.39 is 11.9 Å². The van der Waals surface area contributed by atoms with Crippen LogP contribution in [0.2, 0.25) is 0 Å². The molecule has 27 heavy (non-hydrogen) atoms. The van der Waals surface area contributed by atoms with Crippen LogP contribution >= 0.6 is 11.3 Å². The smallest absolute Gasteiger partial charge is 0.263 e. The Kier molecular flexibility index (Phi) is 5.46. The summed E-state index contributed by atoms with van der Waals surface area (Å²) in [4.78, 5) is 32.1. The standard InChI is InChI=1S/C21H25N3O2S/c1-5-7-16-23-20-18(21(26)24(16)15(6-2)19(22)25)17(13(4)27-20)14-10-8-12(3)9-11-14/h8-11,15H,5-7H2,1-4H3,(H2,22,25). The monoisotopic (exact) mass is 383 g/mol. The molecule has 0 aliphatic rings. The second kappa shape index (κ2) is 7.64. The van der Waals surface area contributed by atoms with Crippen LogP contribution in [0.1, 0.15) is 49.0 Å². The van der Waals surface area contributed by atoms with E-state index in [4.69, 9.17) is 10.7 Å². The molecule has 0 bridgehead atoms. The first kappa shape index (κ1) is 19.3. The summed E-state index contributed by atoms with van der Waals surface area (Å²) >= 11 is 1.53.